The molecule has 2 unspecified atom stereocenters. The molecule has 1 amide bonds. The predicted octanol–water partition coefficient (Wildman–Crippen LogP) is 4.19. The van der Waals surface area contributed by atoms with Crippen molar-refractivity contribution < 1.29 is 9.00 Å². The molecule has 142 valence electrons. The summed E-state index contributed by atoms with van der Waals surface area (Å²) in [5.41, 5.74) is 3.67. The van der Waals surface area contributed by atoms with E-state index in [0.29, 0.717) is 17.1 Å². The molecule has 2 heterocycles. The fourth-order valence-electron chi connectivity index (χ4n) is 4.36. The van der Waals surface area contributed by atoms with Crippen LogP contribution in [0.15, 0.2) is 52.9 Å². The van der Waals surface area contributed by atoms with Gasteiger partial charge >= 0.3 is 0 Å². The van der Waals surface area contributed by atoms with Gasteiger partial charge in [-0.1, -0.05) is 42.0 Å². The van der Waals surface area contributed by atoms with E-state index in [0.717, 1.165) is 43.4 Å². The van der Waals surface area contributed by atoms with Gasteiger partial charge in [0.25, 0.3) is 5.91 Å². The third-order valence-corrected chi connectivity index (χ3v) is 8.09. The summed E-state index contributed by atoms with van der Waals surface area (Å²) < 4.78 is 17.6. The summed E-state index contributed by atoms with van der Waals surface area (Å²) in [6.07, 6.45) is 4.06. The lowest BCUT2D eigenvalue weighted by Crippen LogP contribution is -2.49. The minimum Gasteiger partial charge on any atom is -0.310 e. The first-order chi connectivity index (χ1) is 13.0. The molecule has 0 saturated carbocycles. The quantitative estimate of drug-likeness (QED) is 0.847. The average molecular weight is 383 g/mol. The van der Waals surface area contributed by atoms with Gasteiger partial charge in [-0.15, -0.1) is 0 Å². The molecule has 4 rings (SSSR count). The van der Waals surface area contributed by atoms with E-state index in [9.17, 15) is 9.00 Å². The van der Waals surface area contributed by atoms with E-state index >= 15 is 0 Å². The van der Waals surface area contributed by atoms with Crippen LogP contribution in [-0.2, 0) is 9.73 Å². The van der Waals surface area contributed by atoms with Gasteiger partial charge in [0.05, 0.1) is 15.5 Å². The third kappa shape index (κ3) is 3.99. The summed E-state index contributed by atoms with van der Waals surface area (Å²) in [5.74, 6) is 0.674. The number of nitrogens with one attached hydrogen (secondary N) is 1. The van der Waals surface area contributed by atoms with E-state index in [1.807, 2.05) is 43.3 Å². The van der Waals surface area contributed by atoms with Crippen molar-refractivity contribution >= 4 is 15.6 Å². The normalized spacial score (nSPS) is 27.6. The molecule has 2 atom stereocenters. The minimum atomic E-state index is -2.50. The SMILES string of the molecule is Cc1cccc(-c2cccc(C(=O)N=S3(=O)CCCC4(CCCN4)C3)c2)c1. The average Bonchev–Trinajstić information content (AvgIpc) is 3.08. The van der Waals surface area contributed by atoms with E-state index in [2.05, 4.69) is 15.7 Å². The number of nitrogens with zero attached hydrogens (tertiary/aromatic N) is 1. The Labute approximate surface area is 161 Å². The molecule has 2 saturated heterocycles. The number of carbonyl (C=O) groups is 1. The maximum absolute atomic E-state index is 13.3. The van der Waals surface area contributed by atoms with Gasteiger partial charge in [-0.25, -0.2) is 4.21 Å². The van der Waals surface area contributed by atoms with Crippen molar-refractivity contribution in [1.82, 2.24) is 5.32 Å². The van der Waals surface area contributed by atoms with Gasteiger partial charge in [-0.05, 0) is 62.4 Å². The highest BCUT2D eigenvalue weighted by atomic mass is 32.2. The van der Waals surface area contributed by atoms with Crippen molar-refractivity contribution in [2.75, 3.05) is 18.1 Å². The van der Waals surface area contributed by atoms with Crippen molar-refractivity contribution in [1.29, 1.82) is 0 Å². The van der Waals surface area contributed by atoms with Crippen molar-refractivity contribution in [3.05, 3.63) is 59.7 Å². The topological polar surface area (TPSA) is 58.5 Å². The lowest BCUT2D eigenvalue weighted by Gasteiger charge is -2.35. The maximum atomic E-state index is 13.3. The molecular formula is C22H26N2O2S. The van der Waals surface area contributed by atoms with Crippen LogP contribution in [0.3, 0.4) is 0 Å². The second-order valence-electron chi connectivity index (χ2n) is 7.88. The fourth-order valence-corrected chi connectivity index (χ4v) is 6.91. The van der Waals surface area contributed by atoms with Gasteiger partial charge in [0, 0.05) is 16.9 Å². The zero-order valence-corrected chi connectivity index (χ0v) is 16.6. The molecule has 27 heavy (non-hydrogen) atoms. The Morgan fingerprint density at radius 3 is 2.56 bits per heavy atom. The van der Waals surface area contributed by atoms with Gasteiger partial charge in [-0.3, -0.25) is 4.79 Å². The number of aryl methyl sites for hydroxylation is 1. The van der Waals surface area contributed by atoms with Crippen LogP contribution < -0.4 is 5.32 Å². The van der Waals surface area contributed by atoms with Crippen LogP contribution in [0, 0.1) is 6.92 Å². The Morgan fingerprint density at radius 2 is 1.81 bits per heavy atom. The second-order valence-corrected chi connectivity index (χ2v) is 10.3. The molecule has 1 spiro atoms. The van der Waals surface area contributed by atoms with Crippen LogP contribution in [0.1, 0.15) is 41.6 Å². The smallest absolute Gasteiger partial charge is 0.285 e. The van der Waals surface area contributed by atoms with Crippen molar-refractivity contribution in [2.24, 2.45) is 4.36 Å². The Kier molecular flexibility index (Phi) is 4.91. The van der Waals surface area contributed by atoms with E-state index in [1.54, 1.807) is 6.07 Å². The molecule has 5 heteroatoms. The zero-order chi connectivity index (χ0) is 18.9. The first-order valence-corrected chi connectivity index (χ1v) is 11.5. The van der Waals surface area contributed by atoms with Crippen molar-refractivity contribution in [2.45, 2.75) is 38.1 Å². The molecule has 0 radical (unpaired) electrons. The van der Waals surface area contributed by atoms with Crippen LogP contribution in [0.2, 0.25) is 0 Å². The second kappa shape index (κ2) is 7.21. The lowest BCUT2D eigenvalue weighted by atomic mass is 9.94. The molecule has 2 aliphatic heterocycles. The van der Waals surface area contributed by atoms with E-state index in [4.69, 9.17) is 0 Å². The number of hydrogen-bond acceptors (Lipinski definition) is 3. The molecule has 0 bridgehead atoms. The number of hydrogen-bond donors (Lipinski definition) is 1. The Bertz CT molecular complexity index is 983. The predicted molar refractivity (Wildman–Crippen MR) is 110 cm³/mol. The van der Waals surface area contributed by atoms with E-state index < -0.39 is 9.73 Å². The zero-order valence-electron chi connectivity index (χ0n) is 15.7. The first kappa shape index (κ1) is 18.4. The van der Waals surface area contributed by atoms with Gasteiger partial charge in [0.1, 0.15) is 0 Å². The monoisotopic (exact) mass is 382 g/mol. The van der Waals surface area contributed by atoms with Crippen LogP contribution in [0.4, 0.5) is 0 Å². The van der Waals surface area contributed by atoms with E-state index in [-0.39, 0.29) is 11.4 Å². The number of carbonyl (C=O) groups excluding carboxylic acids is 1. The number of rotatable bonds is 2. The summed E-state index contributed by atoms with van der Waals surface area (Å²) >= 11 is 0. The number of amides is 1. The largest absolute Gasteiger partial charge is 0.310 e. The molecule has 0 aliphatic carbocycles. The summed E-state index contributed by atoms with van der Waals surface area (Å²) in [6.45, 7) is 3.02. The molecule has 2 aromatic carbocycles. The van der Waals surface area contributed by atoms with E-state index in [1.165, 1.54) is 5.56 Å². The Balaban J connectivity index is 1.62. The van der Waals surface area contributed by atoms with Gasteiger partial charge in [0.2, 0.25) is 0 Å². The highest BCUT2D eigenvalue weighted by molar-refractivity contribution is 7.94. The summed E-state index contributed by atoms with van der Waals surface area (Å²) in [4.78, 5) is 12.8. The van der Waals surface area contributed by atoms with Crippen LogP contribution in [-0.4, -0.2) is 33.7 Å². The highest BCUT2D eigenvalue weighted by Crippen LogP contribution is 2.32. The van der Waals surface area contributed by atoms with Gasteiger partial charge in [-0.2, -0.15) is 4.36 Å². The molecule has 0 aromatic heterocycles. The highest BCUT2D eigenvalue weighted by Gasteiger charge is 2.40. The molecular weight excluding hydrogens is 356 g/mol. The van der Waals surface area contributed by atoms with Gasteiger partial charge in [0.15, 0.2) is 0 Å². The van der Waals surface area contributed by atoms with Gasteiger partial charge < -0.3 is 5.32 Å². The third-order valence-electron chi connectivity index (χ3n) is 5.66. The van der Waals surface area contributed by atoms with Crippen LogP contribution >= 0.6 is 0 Å². The first-order valence-electron chi connectivity index (χ1n) is 9.66. The summed E-state index contributed by atoms with van der Waals surface area (Å²) in [6, 6.07) is 15.7. The standard InChI is InChI=1S/C22H26N2O2S/c1-17-6-2-7-18(14-17)19-8-3-9-20(15-19)21(25)24-27(26)13-5-11-22(16-27)10-4-12-23-22/h2-3,6-9,14-15,23H,4-5,10-13,16H2,1H3. The minimum absolute atomic E-state index is 0.0669. The molecule has 2 aliphatic rings. The van der Waals surface area contributed by atoms with Crippen molar-refractivity contribution in [3.63, 3.8) is 0 Å². The molecule has 1 N–H and O–H groups in total. The number of benzene rings is 2. The van der Waals surface area contributed by atoms with Crippen molar-refractivity contribution in [3.8, 4) is 11.1 Å². The van der Waals surface area contributed by atoms with Crippen LogP contribution in [0.25, 0.3) is 11.1 Å². The summed E-state index contributed by atoms with van der Waals surface area (Å²) in [7, 11) is -2.50. The van der Waals surface area contributed by atoms with Crippen LogP contribution in [0.5, 0.6) is 0 Å². The Morgan fingerprint density at radius 1 is 1.07 bits per heavy atom. The molecule has 2 fully saturated rings. The molecule has 2 aromatic rings. The summed E-state index contributed by atoms with van der Waals surface area (Å²) in [5, 5.41) is 3.53. The fraction of sp³-hybridized carbons (Fsp3) is 0.409. The lowest BCUT2D eigenvalue weighted by molar-refractivity contribution is 0.100. The Hall–Kier alpha value is -1.98. The maximum Gasteiger partial charge on any atom is 0.285 e. The molecule has 4 nitrogen and oxygen atoms in total.